The van der Waals surface area contributed by atoms with Gasteiger partial charge < -0.3 is 25.7 Å². The second-order valence-electron chi connectivity index (χ2n) is 1.73. The van der Waals surface area contributed by atoms with E-state index in [2.05, 4.69) is 25.7 Å². The van der Waals surface area contributed by atoms with Gasteiger partial charge in [0.2, 0.25) is 6.29 Å². The summed E-state index contributed by atoms with van der Waals surface area (Å²) >= 11 is 0. The van der Waals surface area contributed by atoms with Gasteiger partial charge in [-0.05, 0) is 0 Å². The Balaban J connectivity index is 3.67. The Morgan fingerprint density at radius 1 is 1.33 bits per heavy atom. The van der Waals surface area contributed by atoms with Gasteiger partial charge in [-0.2, -0.15) is 0 Å². The number of carbonyl (C=O) groups is 2. The van der Waals surface area contributed by atoms with Gasteiger partial charge in [0.25, 0.3) is 0 Å². The van der Waals surface area contributed by atoms with Crippen molar-refractivity contribution in [3.63, 3.8) is 0 Å². The average molecular weight is 178 g/mol. The van der Waals surface area contributed by atoms with E-state index in [0.29, 0.717) is 0 Å². The molecule has 0 aromatic heterocycles. The summed E-state index contributed by atoms with van der Waals surface area (Å²) in [6.45, 7) is -0.283. The number of carbonyl (C=O) groups excluding carboxylic acids is 2. The van der Waals surface area contributed by atoms with Crippen molar-refractivity contribution in [3.05, 3.63) is 0 Å². The summed E-state index contributed by atoms with van der Waals surface area (Å²) in [5, 5.41) is 0. The molecular weight excluding hydrogens is 168 g/mol. The molecule has 0 aliphatic carbocycles. The van der Waals surface area contributed by atoms with E-state index < -0.39 is 18.5 Å². The smallest absolute Gasteiger partial charge is 0.406 e. The van der Waals surface area contributed by atoms with Gasteiger partial charge in [0.05, 0.1) is 0 Å². The van der Waals surface area contributed by atoms with Gasteiger partial charge in [0.1, 0.15) is 0 Å². The highest BCUT2D eigenvalue weighted by atomic mass is 16.7. The van der Waals surface area contributed by atoms with Crippen molar-refractivity contribution >= 4 is 12.2 Å². The lowest BCUT2D eigenvalue weighted by Crippen LogP contribution is -2.30. The Kier molecular flexibility index (Phi) is 4.54. The van der Waals surface area contributed by atoms with E-state index in [1.54, 1.807) is 0 Å². The standard InChI is InChI=1S/C5H10N2O5/c1-10-3(12-5(7)9)2-11-4(6)8/h3H,2H2,1H3,(H2,6,8)(H2,7,9). The quantitative estimate of drug-likeness (QED) is 0.544. The van der Waals surface area contributed by atoms with E-state index in [1.807, 2.05) is 0 Å². The molecule has 0 aliphatic rings. The Morgan fingerprint density at radius 2 is 1.92 bits per heavy atom. The Morgan fingerprint density at radius 3 is 2.25 bits per heavy atom. The number of nitrogens with two attached hydrogens (primary N) is 2. The van der Waals surface area contributed by atoms with Gasteiger partial charge in [-0.3, -0.25) is 0 Å². The van der Waals surface area contributed by atoms with Crippen LogP contribution in [-0.2, 0) is 14.2 Å². The first-order chi connectivity index (χ1) is 5.56. The molecule has 0 saturated heterocycles. The van der Waals surface area contributed by atoms with Crippen LogP contribution < -0.4 is 11.5 Å². The van der Waals surface area contributed by atoms with Crippen LogP contribution >= 0.6 is 0 Å². The molecule has 0 saturated carbocycles. The molecular formula is C5H10N2O5. The SMILES string of the molecule is COC(COC(N)=O)OC(N)=O. The molecule has 1 unspecified atom stereocenters. The fourth-order valence-corrected chi connectivity index (χ4v) is 0.430. The molecule has 0 rings (SSSR count). The van der Waals surface area contributed by atoms with Crippen LogP contribution in [0.3, 0.4) is 0 Å². The minimum absolute atomic E-state index is 0.283. The number of ether oxygens (including phenoxy) is 3. The summed E-state index contributed by atoms with van der Waals surface area (Å²) in [7, 11) is 1.26. The predicted molar refractivity (Wildman–Crippen MR) is 37.0 cm³/mol. The number of amides is 2. The van der Waals surface area contributed by atoms with Crippen molar-refractivity contribution in [3.8, 4) is 0 Å². The first kappa shape index (κ1) is 10.5. The summed E-state index contributed by atoms with van der Waals surface area (Å²) in [5.41, 5.74) is 9.30. The lowest BCUT2D eigenvalue weighted by atomic mass is 10.7. The molecule has 0 heterocycles. The van der Waals surface area contributed by atoms with Crippen LogP contribution in [0.5, 0.6) is 0 Å². The molecule has 0 fully saturated rings. The van der Waals surface area contributed by atoms with E-state index in [0.717, 1.165) is 0 Å². The molecule has 0 aromatic rings. The van der Waals surface area contributed by atoms with Crippen LogP contribution in [0.2, 0.25) is 0 Å². The lowest BCUT2D eigenvalue weighted by Gasteiger charge is -2.13. The Labute approximate surface area is 68.5 Å². The molecule has 7 nitrogen and oxygen atoms in total. The van der Waals surface area contributed by atoms with Crippen molar-refractivity contribution in [1.82, 2.24) is 0 Å². The van der Waals surface area contributed by atoms with Crippen LogP contribution in [0.1, 0.15) is 0 Å². The van der Waals surface area contributed by atoms with E-state index >= 15 is 0 Å². The molecule has 0 spiro atoms. The maximum Gasteiger partial charge on any atom is 0.406 e. The minimum Gasteiger partial charge on any atom is -0.443 e. The average Bonchev–Trinajstić information content (AvgIpc) is 1.97. The molecule has 0 aliphatic heterocycles. The third kappa shape index (κ3) is 5.30. The molecule has 4 N–H and O–H groups in total. The second kappa shape index (κ2) is 5.19. The fraction of sp³-hybridized carbons (Fsp3) is 0.600. The summed E-state index contributed by atoms with van der Waals surface area (Å²) in [5.74, 6) is 0. The van der Waals surface area contributed by atoms with Gasteiger partial charge in [-0.15, -0.1) is 0 Å². The number of rotatable bonds is 4. The second-order valence-corrected chi connectivity index (χ2v) is 1.73. The van der Waals surface area contributed by atoms with E-state index in [1.165, 1.54) is 7.11 Å². The Hall–Kier alpha value is -1.50. The molecule has 7 heteroatoms. The van der Waals surface area contributed by atoms with E-state index in [4.69, 9.17) is 0 Å². The van der Waals surface area contributed by atoms with Crippen molar-refractivity contribution < 1.29 is 23.8 Å². The summed E-state index contributed by atoms with van der Waals surface area (Å²) in [4.78, 5) is 20.2. The largest absolute Gasteiger partial charge is 0.443 e. The van der Waals surface area contributed by atoms with Crippen LogP contribution in [0.4, 0.5) is 9.59 Å². The van der Waals surface area contributed by atoms with Gasteiger partial charge in [-0.1, -0.05) is 0 Å². The minimum atomic E-state index is -1.02. The number of primary amides is 2. The molecule has 70 valence electrons. The number of hydrogen-bond acceptors (Lipinski definition) is 5. The zero-order valence-electron chi connectivity index (χ0n) is 6.48. The van der Waals surface area contributed by atoms with E-state index in [9.17, 15) is 9.59 Å². The third-order valence-electron chi connectivity index (χ3n) is 0.872. The predicted octanol–water partition coefficient (Wildman–Crippen LogP) is -0.850. The van der Waals surface area contributed by atoms with Gasteiger partial charge in [0, 0.05) is 7.11 Å². The van der Waals surface area contributed by atoms with Crippen molar-refractivity contribution in [2.24, 2.45) is 11.5 Å². The lowest BCUT2D eigenvalue weighted by molar-refractivity contribution is -0.106. The maximum absolute atomic E-state index is 10.2. The Bertz CT molecular complexity index is 171. The maximum atomic E-state index is 10.2. The van der Waals surface area contributed by atoms with Crippen molar-refractivity contribution in [2.75, 3.05) is 13.7 Å². The van der Waals surface area contributed by atoms with Gasteiger partial charge in [0.15, 0.2) is 6.61 Å². The van der Waals surface area contributed by atoms with Crippen LogP contribution in [-0.4, -0.2) is 32.2 Å². The summed E-state index contributed by atoms with van der Waals surface area (Å²) in [6, 6.07) is 0. The molecule has 0 aromatic carbocycles. The number of methoxy groups -OCH3 is 1. The fourth-order valence-electron chi connectivity index (χ4n) is 0.430. The van der Waals surface area contributed by atoms with Gasteiger partial charge in [-0.25, -0.2) is 9.59 Å². The zero-order valence-corrected chi connectivity index (χ0v) is 6.48. The zero-order chi connectivity index (χ0) is 9.56. The highest BCUT2D eigenvalue weighted by Gasteiger charge is 2.12. The number of hydrogen-bond donors (Lipinski definition) is 2. The summed E-state index contributed by atoms with van der Waals surface area (Å²) < 4.78 is 13.2. The first-order valence-electron chi connectivity index (χ1n) is 2.97. The molecule has 1 atom stereocenters. The van der Waals surface area contributed by atoms with Crippen LogP contribution in [0.25, 0.3) is 0 Å². The highest BCUT2D eigenvalue weighted by molar-refractivity contribution is 5.65. The molecule has 0 bridgehead atoms. The third-order valence-corrected chi connectivity index (χ3v) is 0.872. The van der Waals surface area contributed by atoms with E-state index in [-0.39, 0.29) is 6.61 Å². The molecule has 2 amide bonds. The van der Waals surface area contributed by atoms with Gasteiger partial charge >= 0.3 is 12.2 Å². The highest BCUT2D eigenvalue weighted by Crippen LogP contribution is 1.93. The van der Waals surface area contributed by atoms with Crippen LogP contribution in [0, 0.1) is 0 Å². The topological polar surface area (TPSA) is 114 Å². The molecule has 0 radical (unpaired) electrons. The normalized spacial score (nSPS) is 11.8. The first-order valence-corrected chi connectivity index (χ1v) is 2.97. The molecule has 12 heavy (non-hydrogen) atoms. The van der Waals surface area contributed by atoms with Crippen molar-refractivity contribution in [2.45, 2.75) is 6.29 Å². The van der Waals surface area contributed by atoms with Crippen LogP contribution in [0.15, 0.2) is 0 Å². The summed E-state index contributed by atoms with van der Waals surface area (Å²) in [6.07, 6.45) is -3.02. The monoisotopic (exact) mass is 178 g/mol. The van der Waals surface area contributed by atoms with Crippen molar-refractivity contribution in [1.29, 1.82) is 0 Å².